The van der Waals surface area contributed by atoms with Crippen molar-refractivity contribution in [3.8, 4) is 12.3 Å². The zero-order valence-electron chi connectivity index (χ0n) is 9.32. The molecule has 1 heterocycles. The van der Waals surface area contributed by atoms with Crippen molar-refractivity contribution >= 4 is 12.1 Å². The highest BCUT2D eigenvalue weighted by Crippen LogP contribution is 2.20. The zero-order valence-corrected chi connectivity index (χ0v) is 9.32. The Morgan fingerprint density at radius 3 is 2.80 bits per heavy atom. The summed E-state index contributed by atoms with van der Waals surface area (Å²) in [5, 5.41) is 4.21. The number of hydrogen-bond donors (Lipinski definition) is 0. The van der Waals surface area contributed by atoms with Crippen LogP contribution in [0.15, 0.2) is 0 Å². The predicted octanol–water partition coefficient (Wildman–Crippen LogP) is 1.00. The number of aldehydes is 1. The van der Waals surface area contributed by atoms with Gasteiger partial charge in [-0.25, -0.2) is 0 Å². The van der Waals surface area contributed by atoms with Crippen LogP contribution in [-0.2, 0) is 7.05 Å². The van der Waals surface area contributed by atoms with Gasteiger partial charge in [-0.3, -0.25) is 9.48 Å². The summed E-state index contributed by atoms with van der Waals surface area (Å²) in [7, 11) is 1.81. The van der Waals surface area contributed by atoms with E-state index in [2.05, 4.69) is 11.0 Å². The van der Waals surface area contributed by atoms with Crippen LogP contribution in [-0.4, -0.2) is 29.2 Å². The van der Waals surface area contributed by atoms with E-state index in [1.807, 2.05) is 25.8 Å². The Morgan fingerprint density at radius 2 is 2.33 bits per heavy atom. The summed E-state index contributed by atoms with van der Waals surface area (Å²) in [5.41, 5.74) is 1.35. The second-order valence-corrected chi connectivity index (χ2v) is 3.28. The van der Waals surface area contributed by atoms with Crippen LogP contribution >= 0.6 is 0 Å². The Bertz CT molecular complexity index is 401. The number of terminal acetylenes is 1. The van der Waals surface area contributed by atoms with Gasteiger partial charge in [-0.1, -0.05) is 5.92 Å². The van der Waals surface area contributed by atoms with E-state index in [-0.39, 0.29) is 0 Å². The molecule has 1 aromatic heterocycles. The molecule has 0 aliphatic rings. The number of carbonyl (C=O) groups is 1. The van der Waals surface area contributed by atoms with Gasteiger partial charge in [0.25, 0.3) is 0 Å². The minimum Gasteiger partial charge on any atom is -0.345 e. The Kier molecular flexibility index (Phi) is 3.51. The summed E-state index contributed by atoms with van der Waals surface area (Å²) in [6.45, 7) is 5.05. The Hall–Kier alpha value is -1.76. The monoisotopic (exact) mass is 205 g/mol. The SMILES string of the molecule is C#CCN(CC)c1c(C=O)c(C)nn1C. The highest BCUT2D eigenvalue weighted by Gasteiger charge is 2.16. The summed E-state index contributed by atoms with van der Waals surface area (Å²) < 4.78 is 1.69. The average molecular weight is 205 g/mol. The number of anilines is 1. The second-order valence-electron chi connectivity index (χ2n) is 3.28. The van der Waals surface area contributed by atoms with Crippen molar-refractivity contribution in [2.24, 2.45) is 7.05 Å². The van der Waals surface area contributed by atoms with E-state index in [9.17, 15) is 4.79 Å². The van der Waals surface area contributed by atoms with Crippen LogP contribution in [0.4, 0.5) is 5.82 Å². The third kappa shape index (κ3) is 2.01. The number of aryl methyl sites for hydroxylation is 2. The Balaban J connectivity index is 3.21. The molecule has 0 fully saturated rings. The molecule has 0 atom stereocenters. The zero-order chi connectivity index (χ0) is 11.4. The minimum atomic E-state index is 0.482. The van der Waals surface area contributed by atoms with E-state index in [4.69, 9.17) is 6.42 Å². The third-order valence-electron chi connectivity index (χ3n) is 2.32. The van der Waals surface area contributed by atoms with E-state index in [1.165, 1.54) is 0 Å². The van der Waals surface area contributed by atoms with E-state index in [0.717, 1.165) is 24.3 Å². The van der Waals surface area contributed by atoms with Crippen LogP contribution in [0.2, 0.25) is 0 Å². The van der Waals surface area contributed by atoms with Crippen molar-refractivity contribution in [2.75, 3.05) is 18.0 Å². The standard InChI is InChI=1S/C11H15N3O/c1-5-7-14(6-2)11-10(8-15)9(3)12-13(11)4/h1,8H,6-7H2,2-4H3. The highest BCUT2D eigenvalue weighted by molar-refractivity contribution is 5.84. The lowest BCUT2D eigenvalue weighted by Gasteiger charge is -2.20. The molecule has 1 aromatic rings. The second kappa shape index (κ2) is 4.65. The van der Waals surface area contributed by atoms with Crippen LogP contribution in [0.5, 0.6) is 0 Å². The summed E-state index contributed by atoms with van der Waals surface area (Å²) in [6.07, 6.45) is 6.11. The Labute approximate surface area is 89.9 Å². The normalized spacial score (nSPS) is 9.73. The van der Waals surface area contributed by atoms with E-state index in [1.54, 1.807) is 4.68 Å². The van der Waals surface area contributed by atoms with E-state index >= 15 is 0 Å². The van der Waals surface area contributed by atoms with Gasteiger partial charge in [0.15, 0.2) is 6.29 Å². The van der Waals surface area contributed by atoms with Gasteiger partial charge in [0, 0.05) is 13.6 Å². The van der Waals surface area contributed by atoms with Crippen molar-refractivity contribution in [2.45, 2.75) is 13.8 Å². The fraction of sp³-hybridized carbons (Fsp3) is 0.455. The fourth-order valence-electron chi connectivity index (χ4n) is 1.62. The van der Waals surface area contributed by atoms with Gasteiger partial charge in [0.1, 0.15) is 5.82 Å². The largest absolute Gasteiger partial charge is 0.345 e. The highest BCUT2D eigenvalue weighted by atomic mass is 16.1. The lowest BCUT2D eigenvalue weighted by molar-refractivity contribution is 0.112. The topological polar surface area (TPSA) is 38.1 Å². The average Bonchev–Trinajstić information content (AvgIpc) is 2.49. The molecule has 0 radical (unpaired) electrons. The fourth-order valence-corrected chi connectivity index (χ4v) is 1.62. The smallest absolute Gasteiger partial charge is 0.155 e. The molecule has 0 unspecified atom stereocenters. The molecule has 0 bridgehead atoms. The summed E-state index contributed by atoms with van der Waals surface area (Å²) >= 11 is 0. The molecule has 4 heteroatoms. The van der Waals surface area contributed by atoms with Crippen LogP contribution in [0.3, 0.4) is 0 Å². The van der Waals surface area contributed by atoms with E-state index < -0.39 is 0 Å². The predicted molar refractivity (Wildman–Crippen MR) is 60.1 cm³/mol. The summed E-state index contributed by atoms with van der Waals surface area (Å²) in [4.78, 5) is 12.9. The molecule has 0 aliphatic carbocycles. The molecule has 4 nitrogen and oxygen atoms in total. The first kappa shape index (κ1) is 11.3. The van der Waals surface area contributed by atoms with Crippen LogP contribution in [0, 0.1) is 19.3 Å². The lowest BCUT2D eigenvalue weighted by atomic mass is 10.2. The summed E-state index contributed by atoms with van der Waals surface area (Å²) in [6, 6.07) is 0. The first-order chi connectivity index (χ1) is 7.15. The van der Waals surface area contributed by atoms with Crippen molar-refractivity contribution in [1.29, 1.82) is 0 Å². The number of nitrogens with zero attached hydrogens (tertiary/aromatic N) is 3. The molecule has 80 valence electrons. The van der Waals surface area contributed by atoms with Crippen molar-refractivity contribution in [3.63, 3.8) is 0 Å². The molecule has 1 rings (SSSR count). The van der Waals surface area contributed by atoms with Crippen LogP contribution in [0.25, 0.3) is 0 Å². The van der Waals surface area contributed by atoms with Crippen molar-refractivity contribution < 1.29 is 4.79 Å². The molecule has 0 amide bonds. The van der Waals surface area contributed by atoms with Crippen LogP contribution < -0.4 is 4.90 Å². The summed E-state index contributed by atoms with van der Waals surface area (Å²) in [5.74, 6) is 3.37. The molecule has 0 aromatic carbocycles. The first-order valence-corrected chi connectivity index (χ1v) is 4.82. The minimum absolute atomic E-state index is 0.482. The molecule has 15 heavy (non-hydrogen) atoms. The van der Waals surface area contributed by atoms with Crippen molar-refractivity contribution in [3.05, 3.63) is 11.3 Å². The van der Waals surface area contributed by atoms with E-state index in [0.29, 0.717) is 12.1 Å². The molecular weight excluding hydrogens is 190 g/mol. The third-order valence-corrected chi connectivity index (χ3v) is 2.32. The Morgan fingerprint density at radius 1 is 1.67 bits per heavy atom. The van der Waals surface area contributed by atoms with Gasteiger partial charge in [-0.15, -0.1) is 6.42 Å². The van der Waals surface area contributed by atoms with Gasteiger partial charge in [-0.05, 0) is 13.8 Å². The van der Waals surface area contributed by atoms with Gasteiger partial charge in [0.2, 0.25) is 0 Å². The van der Waals surface area contributed by atoms with Gasteiger partial charge in [-0.2, -0.15) is 5.10 Å². The molecule has 0 aliphatic heterocycles. The first-order valence-electron chi connectivity index (χ1n) is 4.82. The number of aromatic nitrogens is 2. The van der Waals surface area contributed by atoms with Crippen LogP contribution in [0.1, 0.15) is 23.0 Å². The number of carbonyl (C=O) groups excluding carboxylic acids is 1. The maximum Gasteiger partial charge on any atom is 0.155 e. The lowest BCUT2D eigenvalue weighted by Crippen LogP contribution is -2.26. The van der Waals surface area contributed by atoms with Gasteiger partial charge in [0.05, 0.1) is 17.8 Å². The number of rotatable bonds is 4. The maximum absolute atomic E-state index is 11.0. The van der Waals surface area contributed by atoms with Gasteiger partial charge < -0.3 is 4.90 Å². The molecule has 0 N–H and O–H groups in total. The van der Waals surface area contributed by atoms with Crippen molar-refractivity contribution in [1.82, 2.24) is 9.78 Å². The number of hydrogen-bond acceptors (Lipinski definition) is 3. The molecule has 0 saturated heterocycles. The molecule has 0 saturated carbocycles. The molecule has 0 spiro atoms. The quantitative estimate of drug-likeness (QED) is 0.543. The van der Waals surface area contributed by atoms with Gasteiger partial charge >= 0.3 is 0 Å². The maximum atomic E-state index is 11.0. The molecular formula is C11H15N3O.